The second kappa shape index (κ2) is 12.1. The molecule has 0 saturated carbocycles. The highest BCUT2D eigenvalue weighted by atomic mass is 127. The van der Waals surface area contributed by atoms with E-state index in [9.17, 15) is 9.18 Å². The topological polar surface area (TPSA) is 65.5 Å². The molecule has 0 radical (unpaired) electrons. The van der Waals surface area contributed by atoms with Crippen molar-refractivity contribution >= 4 is 35.8 Å². The molecule has 0 aromatic heterocycles. The summed E-state index contributed by atoms with van der Waals surface area (Å²) in [5, 5.41) is 9.18. The largest absolute Gasteiger partial charge is 0.356 e. The third-order valence-electron chi connectivity index (χ3n) is 3.74. The summed E-state index contributed by atoms with van der Waals surface area (Å²) in [6.45, 7) is 7.91. The molecule has 25 heavy (non-hydrogen) atoms. The van der Waals surface area contributed by atoms with E-state index >= 15 is 0 Å². The number of halogens is 2. The average Bonchev–Trinajstić information content (AvgIpc) is 2.56. The van der Waals surface area contributed by atoms with Crippen molar-refractivity contribution in [3.63, 3.8) is 0 Å². The molecule has 0 aliphatic heterocycles. The van der Waals surface area contributed by atoms with Crippen molar-refractivity contribution in [1.29, 1.82) is 0 Å². The van der Waals surface area contributed by atoms with Gasteiger partial charge in [0.15, 0.2) is 5.96 Å². The lowest BCUT2D eigenvalue weighted by Crippen LogP contribution is -2.44. The summed E-state index contributed by atoms with van der Waals surface area (Å²) in [5.74, 6) is 0.420. The first-order valence-electron chi connectivity index (χ1n) is 8.36. The number of hydrogen-bond donors (Lipinski definition) is 3. The van der Waals surface area contributed by atoms with E-state index in [0.717, 1.165) is 12.0 Å². The molecular formula is C18H30FIN4O. The van der Waals surface area contributed by atoms with E-state index in [2.05, 4.69) is 20.9 Å². The van der Waals surface area contributed by atoms with Crippen LogP contribution in [-0.4, -0.2) is 38.5 Å². The lowest BCUT2D eigenvalue weighted by atomic mass is 9.84. The van der Waals surface area contributed by atoms with E-state index in [-0.39, 0.29) is 41.1 Å². The number of carbonyl (C=O) groups is 1. The van der Waals surface area contributed by atoms with Crippen LogP contribution in [-0.2, 0) is 10.2 Å². The second-order valence-corrected chi connectivity index (χ2v) is 6.35. The van der Waals surface area contributed by atoms with Crippen LogP contribution in [0.1, 0.15) is 39.2 Å². The van der Waals surface area contributed by atoms with Gasteiger partial charge in [0.2, 0.25) is 5.91 Å². The minimum atomic E-state index is -0.252. The van der Waals surface area contributed by atoms with Gasteiger partial charge in [-0.05, 0) is 24.1 Å². The molecule has 0 saturated heterocycles. The molecule has 0 atom stereocenters. The number of carbonyl (C=O) groups excluding carboxylic acids is 1. The summed E-state index contributed by atoms with van der Waals surface area (Å²) < 4.78 is 13.4. The van der Waals surface area contributed by atoms with Gasteiger partial charge in [0, 0.05) is 38.5 Å². The van der Waals surface area contributed by atoms with Gasteiger partial charge < -0.3 is 16.0 Å². The summed E-state index contributed by atoms with van der Waals surface area (Å²) in [6, 6.07) is 6.63. The van der Waals surface area contributed by atoms with Crippen LogP contribution in [0.15, 0.2) is 29.3 Å². The highest BCUT2D eigenvalue weighted by molar-refractivity contribution is 14.0. The van der Waals surface area contributed by atoms with Crippen molar-refractivity contribution in [1.82, 2.24) is 16.0 Å². The molecule has 1 rings (SSSR count). The zero-order valence-corrected chi connectivity index (χ0v) is 17.8. The Labute approximate surface area is 167 Å². The Morgan fingerprint density at radius 3 is 2.52 bits per heavy atom. The van der Waals surface area contributed by atoms with Crippen LogP contribution in [0.25, 0.3) is 0 Å². The lowest BCUT2D eigenvalue weighted by molar-refractivity contribution is -0.120. The first kappa shape index (κ1) is 23.6. The fourth-order valence-corrected chi connectivity index (χ4v) is 2.18. The van der Waals surface area contributed by atoms with Gasteiger partial charge in [-0.3, -0.25) is 9.79 Å². The number of rotatable bonds is 8. The number of benzene rings is 1. The van der Waals surface area contributed by atoms with E-state index in [1.807, 2.05) is 26.8 Å². The smallest absolute Gasteiger partial charge is 0.221 e. The number of hydrogen-bond acceptors (Lipinski definition) is 2. The fourth-order valence-electron chi connectivity index (χ4n) is 2.18. The van der Waals surface area contributed by atoms with E-state index in [1.165, 1.54) is 6.07 Å². The maximum atomic E-state index is 13.4. The van der Waals surface area contributed by atoms with Crippen LogP contribution in [0, 0.1) is 5.82 Å². The molecular weight excluding hydrogens is 434 g/mol. The first-order valence-corrected chi connectivity index (χ1v) is 8.36. The van der Waals surface area contributed by atoms with Gasteiger partial charge in [-0.25, -0.2) is 4.39 Å². The first-order chi connectivity index (χ1) is 11.4. The van der Waals surface area contributed by atoms with Crippen molar-refractivity contribution in [3.05, 3.63) is 35.6 Å². The lowest BCUT2D eigenvalue weighted by Gasteiger charge is -2.26. The molecule has 1 aromatic rings. The minimum Gasteiger partial charge on any atom is -0.356 e. The maximum Gasteiger partial charge on any atom is 0.221 e. The van der Waals surface area contributed by atoms with E-state index in [0.29, 0.717) is 32.0 Å². The molecule has 5 nitrogen and oxygen atoms in total. The third kappa shape index (κ3) is 9.04. The van der Waals surface area contributed by atoms with Crippen molar-refractivity contribution in [2.45, 2.75) is 39.0 Å². The monoisotopic (exact) mass is 464 g/mol. The normalized spacial score (nSPS) is 11.5. The van der Waals surface area contributed by atoms with E-state index in [1.54, 1.807) is 19.2 Å². The predicted octanol–water partition coefficient (Wildman–Crippen LogP) is 2.80. The van der Waals surface area contributed by atoms with Gasteiger partial charge in [0.1, 0.15) is 5.82 Å². The molecule has 0 spiro atoms. The molecule has 1 aromatic carbocycles. The Morgan fingerprint density at radius 2 is 1.92 bits per heavy atom. The van der Waals surface area contributed by atoms with E-state index < -0.39 is 0 Å². The van der Waals surface area contributed by atoms with Crippen molar-refractivity contribution in [3.8, 4) is 0 Å². The van der Waals surface area contributed by atoms with Gasteiger partial charge in [-0.1, -0.05) is 32.9 Å². The SMILES string of the molecule is CCCNC(=O)CCNC(=NC)NCC(C)(C)c1cccc(F)c1.I. The molecule has 1 amide bonds. The third-order valence-corrected chi connectivity index (χ3v) is 3.74. The maximum absolute atomic E-state index is 13.4. The molecule has 0 aliphatic rings. The Hall–Kier alpha value is -1.38. The van der Waals surface area contributed by atoms with Crippen LogP contribution in [0.2, 0.25) is 0 Å². The summed E-state index contributed by atoms with van der Waals surface area (Å²) in [7, 11) is 1.68. The summed E-state index contributed by atoms with van der Waals surface area (Å²) in [6.07, 6.45) is 1.32. The molecule has 0 heterocycles. The predicted molar refractivity (Wildman–Crippen MR) is 112 cm³/mol. The van der Waals surface area contributed by atoms with E-state index in [4.69, 9.17) is 0 Å². The summed E-state index contributed by atoms with van der Waals surface area (Å²) in [5.41, 5.74) is 0.669. The number of amides is 1. The minimum absolute atomic E-state index is 0. The van der Waals surface area contributed by atoms with Crippen LogP contribution in [0.4, 0.5) is 4.39 Å². The standard InChI is InChI=1S/C18H29FN4O.HI/c1-5-10-21-16(24)9-11-22-17(20-4)23-13-18(2,3)14-7-6-8-15(19)12-14;/h6-8,12H,5,9-11,13H2,1-4H3,(H,21,24)(H2,20,22,23);1H. The van der Waals surface area contributed by atoms with Crippen LogP contribution >= 0.6 is 24.0 Å². The van der Waals surface area contributed by atoms with Gasteiger partial charge in [-0.2, -0.15) is 0 Å². The molecule has 0 unspecified atom stereocenters. The quantitative estimate of drug-likeness (QED) is 0.315. The molecule has 0 fully saturated rings. The number of guanidine groups is 1. The number of aliphatic imine (C=N–C) groups is 1. The highest BCUT2D eigenvalue weighted by Gasteiger charge is 2.21. The Balaban J connectivity index is 0.00000576. The number of nitrogens with one attached hydrogen (secondary N) is 3. The van der Waals surface area contributed by atoms with Gasteiger partial charge in [0.25, 0.3) is 0 Å². The van der Waals surface area contributed by atoms with Crippen LogP contribution in [0.5, 0.6) is 0 Å². The van der Waals surface area contributed by atoms with Gasteiger partial charge >= 0.3 is 0 Å². The molecule has 0 aliphatic carbocycles. The zero-order valence-electron chi connectivity index (χ0n) is 15.5. The fraction of sp³-hybridized carbons (Fsp3) is 0.556. The van der Waals surface area contributed by atoms with Crippen molar-refractivity contribution in [2.75, 3.05) is 26.7 Å². The average molecular weight is 464 g/mol. The van der Waals surface area contributed by atoms with Crippen molar-refractivity contribution < 1.29 is 9.18 Å². The van der Waals surface area contributed by atoms with Crippen LogP contribution in [0.3, 0.4) is 0 Å². The summed E-state index contributed by atoms with van der Waals surface area (Å²) >= 11 is 0. The Bertz CT molecular complexity index is 564. The van der Waals surface area contributed by atoms with Crippen molar-refractivity contribution in [2.24, 2.45) is 4.99 Å². The molecule has 142 valence electrons. The molecule has 3 N–H and O–H groups in total. The second-order valence-electron chi connectivity index (χ2n) is 6.35. The summed E-state index contributed by atoms with van der Waals surface area (Å²) in [4.78, 5) is 15.7. The Morgan fingerprint density at radius 1 is 1.20 bits per heavy atom. The zero-order chi connectivity index (χ0) is 18.0. The number of nitrogens with zero attached hydrogens (tertiary/aromatic N) is 1. The molecule has 0 bridgehead atoms. The van der Waals surface area contributed by atoms with Gasteiger partial charge in [0.05, 0.1) is 0 Å². The van der Waals surface area contributed by atoms with Gasteiger partial charge in [-0.15, -0.1) is 24.0 Å². The van der Waals surface area contributed by atoms with Crippen LogP contribution < -0.4 is 16.0 Å². The highest BCUT2D eigenvalue weighted by Crippen LogP contribution is 2.22. The molecule has 7 heteroatoms. The Kier molecular flexibility index (Phi) is 11.4.